The number of nitrogens with zero attached hydrogens (tertiary/aromatic N) is 1. The molecule has 0 fully saturated rings. The number of alkyl halides is 3. The van der Waals surface area contributed by atoms with E-state index in [-0.39, 0.29) is 5.11 Å². The summed E-state index contributed by atoms with van der Waals surface area (Å²) in [5.74, 6) is 0.0791. The molecule has 1 aromatic carbocycles. The molecule has 0 aliphatic heterocycles. The van der Waals surface area contributed by atoms with Crippen LogP contribution in [-0.2, 0) is 4.79 Å². The van der Waals surface area contributed by atoms with Crippen LogP contribution in [0, 0.1) is 6.92 Å². The molecule has 0 spiro atoms. The second-order valence-corrected chi connectivity index (χ2v) is 8.32. The number of anilines is 1. The molecule has 0 aliphatic rings. The van der Waals surface area contributed by atoms with E-state index in [4.69, 9.17) is 47.0 Å². The summed E-state index contributed by atoms with van der Waals surface area (Å²) >= 11 is 23.1. The number of hydrogen-bond acceptors (Lipinski definition) is 3. The highest BCUT2D eigenvalue weighted by Gasteiger charge is 2.34. The number of pyridine rings is 1. The lowest BCUT2D eigenvalue weighted by molar-refractivity contribution is -0.117. The third-order valence-corrected chi connectivity index (χ3v) is 4.14. The number of amides is 1. The summed E-state index contributed by atoms with van der Waals surface area (Å²) in [6.45, 7) is 1.92. The molecule has 0 saturated heterocycles. The Labute approximate surface area is 178 Å². The van der Waals surface area contributed by atoms with Gasteiger partial charge in [0.05, 0.1) is 0 Å². The first kappa shape index (κ1) is 21.4. The highest BCUT2D eigenvalue weighted by molar-refractivity contribution is 7.80. The first-order chi connectivity index (χ1) is 12.7. The van der Waals surface area contributed by atoms with Crippen LogP contribution in [-0.4, -0.2) is 26.0 Å². The van der Waals surface area contributed by atoms with Gasteiger partial charge in [0.1, 0.15) is 12.0 Å². The zero-order chi connectivity index (χ0) is 19.9. The van der Waals surface area contributed by atoms with Crippen LogP contribution in [0.3, 0.4) is 0 Å². The molecule has 0 radical (unpaired) electrons. The normalized spacial score (nSPS) is 12.4. The fourth-order valence-corrected chi connectivity index (χ4v) is 2.50. The van der Waals surface area contributed by atoms with Gasteiger partial charge in [-0.15, -0.1) is 0 Å². The minimum absolute atomic E-state index is 0.148. The maximum atomic E-state index is 12.2. The number of aryl methyl sites for hydroxylation is 1. The molecule has 0 saturated carbocycles. The monoisotopic (exact) mass is 442 g/mol. The third kappa shape index (κ3) is 7.72. The van der Waals surface area contributed by atoms with Crippen molar-refractivity contribution in [2.24, 2.45) is 0 Å². The molecule has 2 aromatic rings. The van der Waals surface area contributed by atoms with Crippen molar-refractivity contribution in [1.82, 2.24) is 15.6 Å². The van der Waals surface area contributed by atoms with E-state index in [2.05, 4.69) is 20.9 Å². The van der Waals surface area contributed by atoms with E-state index >= 15 is 0 Å². The van der Waals surface area contributed by atoms with Gasteiger partial charge in [0, 0.05) is 12.3 Å². The molecular formula is C18H17Cl3N4OS. The quantitative estimate of drug-likeness (QED) is 0.280. The molecule has 1 unspecified atom stereocenters. The van der Waals surface area contributed by atoms with E-state index in [0.717, 1.165) is 11.1 Å². The van der Waals surface area contributed by atoms with E-state index in [9.17, 15) is 4.79 Å². The highest BCUT2D eigenvalue weighted by Crippen LogP contribution is 2.29. The predicted molar refractivity (Wildman–Crippen MR) is 116 cm³/mol. The van der Waals surface area contributed by atoms with Crippen molar-refractivity contribution in [3.8, 4) is 0 Å². The molecule has 3 N–H and O–H groups in total. The average molecular weight is 444 g/mol. The third-order valence-electron chi connectivity index (χ3n) is 3.27. The molecule has 2 rings (SSSR count). The van der Waals surface area contributed by atoms with Crippen molar-refractivity contribution in [2.75, 3.05) is 5.32 Å². The average Bonchev–Trinajstić information content (AvgIpc) is 2.61. The molecule has 5 nitrogen and oxygen atoms in total. The van der Waals surface area contributed by atoms with Crippen molar-refractivity contribution in [3.05, 3.63) is 65.9 Å². The van der Waals surface area contributed by atoms with Crippen LogP contribution < -0.4 is 16.0 Å². The summed E-state index contributed by atoms with van der Waals surface area (Å²) < 4.78 is -1.83. The van der Waals surface area contributed by atoms with Crippen molar-refractivity contribution >= 4 is 69.9 Å². The summed E-state index contributed by atoms with van der Waals surface area (Å²) in [7, 11) is 0. The van der Waals surface area contributed by atoms with Gasteiger partial charge in [-0.25, -0.2) is 4.98 Å². The Morgan fingerprint density at radius 1 is 1.15 bits per heavy atom. The van der Waals surface area contributed by atoms with Crippen molar-refractivity contribution < 1.29 is 4.79 Å². The van der Waals surface area contributed by atoms with Crippen LogP contribution >= 0.6 is 47.0 Å². The Hall–Kier alpha value is -1.86. The lowest BCUT2D eigenvalue weighted by Gasteiger charge is -2.27. The van der Waals surface area contributed by atoms with E-state index in [0.29, 0.717) is 5.82 Å². The number of carbonyl (C=O) groups excluding carboxylic acids is 1. The Bertz CT molecular complexity index is 808. The van der Waals surface area contributed by atoms with Crippen molar-refractivity contribution in [1.29, 1.82) is 0 Å². The topological polar surface area (TPSA) is 66.0 Å². The summed E-state index contributed by atoms with van der Waals surface area (Å²) in [5.41, 5.74) is 1.88. The number of nitrogens with one attached hydrogen (secondary N) is 3. The van der Waals surface area contributed by atoms with E-state index in [1.54, 1.807) is 18.3 Å². The Morgan fingerprint density at radius 3 is 2.44 bits per heavy atom. The molecule has 1 amide bonds. The summed E-state index contributed by atoms with van der Waals surface area (Å²) in [5, 5.41) is 8.36. The maximum Gasteiger partial charge on any atom is 0.245 e. The predicted octanol–water partition coefficient (Wildman–Crippen LogP) is 4.20. The summed E-state index contributed by atoms with van der Waals surface area (Å²) in [6, 6.07) is 13.0. The zero-order valence-electron chi connectivity index (χ0n) is 14.2. The Balaban J connectivity index is 1.98. The summed E-state index contributed by atoms with van der Waals surface area (Å²) in [4.78, 5) is 16.3. The largest absolute Gasteiger partial charge is 0.339 e. The van der Waals surface area contributed by atoms with Crippen LogP contribution in [0.25, 0.3) is 6.08 Å². The molecule has 1 atom stereocenters. The number of aromatic nitrogens is 1. The van der Waals surface area contributed by atoms with E-state index < -0.39 is 15.9 Å². The molecule has 0 bridgehead atoms. The van der Waals surface area contributed by atoms with E-state index in [1.807, 2.05) is 43.3 Å². The van der Waals surface area contributed by atoms with Gasteiger partial charge in [-0.2, -0.15) is 0 Å². The number of benzene rings is 1. The second-order valence-electron chi connectivity index (χ2n) is 5.55. The van der Waals surface area contributed by atoms with Gasteiger partial charge in [-0.1, -0.05) is 71.2 Å². The van der Waals surface area contributed by atoms with Gasteiger partial charge in [0.2, 0.25) is 9.70 Å². The van der Waals surface area contributed by atoms with Crippen LogP contribution in [0.4, 0.5) is 5.82 Å². The maximum absolute atomic E-state index is 12.2. The fourth-order valence-electron chi connectivity index (χ4n) is 1.95. The first-order valence-corrected chi connectivity index (χ1v) is 9.39. The smallest absolute Gasteiger partial charge is 0.245 e. The second kappa shape index (κ2) is 9.90. The fraction of sp³-hybridized carbons (Fsp3) is 0.167. The van der Waals surface area contributed by atoms with Gasteiger partial charge in [0.25, 0.3) is 0 Å². The molecule has 27 heavy (non-hydrogen) atoms. The SMILES string of the molecule is Cc1ccc(NC(=S)NC(NC(=O)/C=C/c2ccccc2)C(Cl)(Cl)Cl)nc1. The van der Waals surface area contributed by atoms with Crippen LogP contribution in [0.2, 0.25) is 0 Å². The lowest BCUT2D eigenvalue weighted by atomic mass is 10.2. The van der Waals surface area contributed by atoms with Gasteiger partial charge >= 0.3 is 0 Å². The Kier molecular flexibility index (Phi) is 7.86. The van der Waals surface area contributed by atoms with Crippen LogP contribution in [0.5, 0.6) is 0 Å². The Morgan fingerprint density at radius 2 is 1.85 bits per heavy atom. The molecule has 142 valence electrons. The zero-order valence-corrected chi connectivity index (χ0v) is 17.3. The number of thiocarbonyl (C=S) groups is 1. The van der Waals surface area contributed by atoms with E-state index in [1.165, 1.54) is 6.08 Å². The number of hydrogen-bond donors (Lipinski definition) is 3. The minimum atomic E-state index is -1.83. The molecule has 1 heterocycles. The molecule has 1 aromatic heterocycles. The minimum Gasteiger partial charge on any atom is -0.339 e. The standard InChI is InChI=1S/C18H17Cl3N4OS/c1-12-7-9-14(22-11-12)23-17(27)25-16(18(19,20)21)24-15(26)10-8-13-5-3-2-4-6-13/h2-11,16H,1H3,(H,24,26)(H2,22,23,25,27)/b10-8+. The van der Waals surface area contributed by atoms with Crippen molar-refractivity contribution in [2.45, 2.75) is 16.9 Å². The van der Waals surface area contributed by atoms with Gasteiger partial charge in [-0.3, -0.25) is 4.79 Å². The van der Waals surface area contributed by atoms with Gasteiger partial charge in [-0.05, 0) is 42.4 Å². The summed E-state index contributed by atoms with van der Waals surface area (Å²) in [6.07, 6.45) is 3.63. The molecular weight excluding hydrogens is 427 g/mol. The van der Waals surface area contributed by atoms with Crippen LogP contribution in [0.1, 0.15) is 11.1 Å². The number of carbonyl (C=O) groups is 1. The lowest BCUT2D eigenvalue weighted by Crippen LogP contribution is -2.55. The van der Waals surface area contributed by atoms with Crippen LogP contribution in [0.15, 0.2) is 54.7 Å². The first-order valence-electron chi connectivity index (χ1n) is 7.84. The molecule has 0 aliphatic carbocycles. The van der Waals surface area contributed by atoms with Crippen molar-refractivity contribution in [3.63, 3.8) is 0 Å². The van der Waals surface area contributed by atoms with Gasteiger partial charge in [0.15, 0.2) is 5.11 Å². The number of halogens is 3. The molecule has 9 heteroatoms. The highest BCUT2D eigenvalue weighted by atomic mass is 35.6. The number of rotatable bonds is 5. The van der Waals surface area contributed by atoms with Gasteiger partial charge < -0.3 is 16.0 Å².